The van der Waals surface area contributed by atoms with E-state index in [9.17, 15) is 22.8 Å². The summed E-state index contributed by atoms with van der Waals surface area (Å²) < 4.78 is 28.2. The van der Waals surface area contributed by atoms with Crippen LogP contribution in [0.1, 0.15) is 27.6 Å². The molecule has 0 saturated heterocycles. The molecule has 0 aliphatic rings. The Balaban J connectivity index is 2.03. The molecule has 0 aromatic heterocycles. The minimum atomic E-state index is -3.47. The van der Waals surface area contributed by atoms with E-state index >= 15 is 0 Å². The van der Waals surface area contributed by atoms with Crippen LogP contribution in [0.2, 0.25) is 0 Å². The summed E-state index contributed by atoms with van der Waals surface area (Å²) in [5.74, 6) is -2.01. The number of carbonyl (C=O) groups is 3. The number of primary amides is 1. The average molecular weight is 390 g/mol. The molecule has 0 fully saturated rings. The predicted octanol–water partition coefficient (Wildman–Crippen LogP) is 1.37. The maximum Gasteiger partial charge on any atom is 0.338 e. The van der Waals surface area contributed by atoms with Crippen molar-refractivity contribution in [2.24, 2.45) is 5.73 Å². The zero-order valence-electron chi connectivity index (χ0n) is 14.6. The summed E-state index contributed by atoms with van der Waals surface area (Å²) in [4.78, 5) is 35.3. The highest BCUT2D eigenvalue weighted by Gasteiger charge is 2.20. The van der Waals surface area contributed by atoms with E-state index < -0.39 is 33.7 Å². The smallest absolute Gasteiger partial charge is 0.338 e. The van der Waals surface area contributed by atoms with Crippen molar-refractivity contribution in [3.63, 3.8) is 0 Å². The quantitative estimate of drug-likeness (QED) is 0.716. The zero-order chi connectivity index (χ0) is 20.2. The van der Waals surface area contributed by atoms with Crippen molar-refractivity contribution in [1.29, 1.82) is 0 Å². The Bertz CT molecular complexity index is 983. The number of sulfone groups is 1. The second-order valence-corrected chi connectivity index (χ2v) is 7.79. The zero-order valence-corrected chi connectivity index (χ0v) is 15.4. The molecule has 9 heteroatoms. The first-order valence-corrected chi connectivity index (χ1v) is 9.69. The van der Waals surface area contributed by atoms with E-state index in [2.05, 4.69) is 5.32 Å². The fourth-order valence-electron chi connectivity index (χ4n) is 2.10. The largest absolute Gasteiger partial charge is 0.449 e. The van der Waals surface area contributed by atoms with Crippen LogP contribution < -0.4 is 11.1 Å². The van der Waals surface area contributed by atoms with E-state index in [4.69, 9.17) is 10.5 Å². The molecule has 2 rings (SSSR count). The summed E-state index contributed by atoms with van der Waals surface area (Å²) in [5.41, 5.74) is 5.84. The molecular weight excluding hydrogens is 372 g/mol. The third-order valence-corrected chi connectivity index (χ3v) is 4.70. The van der Waals surface area contributed by atoms with Crippen molar-refractivity contribution in [3.05, 3.63) is 59.7 Å². The number of anilines is 1. The van der Waals surface area contributed by atoms with Crippen molar-refractivity contribution in [2.45, 2.75) is 17.9 Å². The first-order chi connectivity index (χ1) is 12.6. The maximum absolute atomic E-state index is 12.2. The second-order valence-electron chi connectivity index (χ2n) is 5.78. The molecule has 1 unspecified atom stereocenters. The molecule has 0 bridgehead atoms. The van der Waals surface area contributed by atoms with Crippen LogP contribution in [0.4, 0.5) is 5.69 Å². The van der Waals surface area contributed by atoms with Gasteiger partial charge in [0.1, 0.15) is 0 Å². The van der Waals surface area contributed by atoms with Gasteiger partial charge in [0.25, 0.3) is 5.91 Å². The maximum atomic E-state index is 12.2. The van der Waals surface area contributed by atoms with Gasteiger partial charge in [-0.1, -0.05) is 6.07 Å². The van der Waals surface area contributed by atoms with Gasteiger partial charge in [-0.05, 0) is 49.4 Å². The van der Waals surface area contributed by atoms with Gasteiger partial charge in [-0.2, -0.15) is 0 Å². The Hall–Kier alpha value is -3.20. The average Bonchev–Trinajstić information content (AvgIpc) is 2.61. The summed E-state index contributed by atoms with van der Waals surface area (Å²) in [6.07, 6.45) is -0.105. The molecule has 0 radical (unpaired) electrons. The number of benzene rings is 2. The van der Waals surface area contributed by atoms with Crippen molar-refractivity contribution in [3.8, 4) is 0 Å². The summed E-state index contributed by atoms with van der Waals surface area (Å²) in [6.45, 7) is 1.38. The summed E-state index contributed by atoms with van der Waals surface area (Å²) in [7, 11) is -3.47. The molecule has 0 spiro atoms. The molecular formula is C18H18N2O6S. The number of amides is 2. The third kappa shape index (κ3) is 5.38. The van der Waals surface area contributed by atoms with Gasteiger partial charge >= 0.3 is 5.97 Å². The van der Waals surface area contributed by atoms with Crippen LogP contribution >= 0.6 is 0 Å². The van der Waals surface area contributed by atoms with Crippen molar-refractivity contribution >= 4 is 33.3 Å². The highest BCUT2D eigenvalue weighted by molar-refractivity contribution is 7.90. The first-order valence-electron chi connectivity index (χ1n) is 7.80. The molecule has 2 aromatic rings. The summed E-state index contributed by atoms with van der Waals surface area (Å²) in [5, 5.41) is 2.54. The van der Waals surface area contributed by atoms with Crippen molar-refractivity contribution in [1.82, 2.24) is 0 Å². The molecule has 0 aliphatic carbocycles. The normalized spacial score (nSPS) is 12.1. The molecule has 2 aromatic carbocycles. The number of carbonyl (C=O) groups excluding carboxylic acids is 3. The highest BCUT2D eigenvalue weighted by Crippen LogP contribution is 2.14. The van der Waals surface area contributed by atoms with Crippen LogP contribution in [0.5, 0.6) is 0 Å². The van der Waals surface area contributed by atoms with Crippen LogP contribution in [-0.4, -0.2) is 38.6 Å². The summed E-state index contributed by atoms with van der Waals surface area (Å²) in [6, 6.07) is 11.2. The summed E-state index contributed by atoms with van der Waals surface area (Å²) >= 11 is 0. The Morgan fingerprint density at radius 2 is 1.67 bits per heavy atom. The fraction of sp³-hybridized carbons (Fsp3) is 0.167. The van der Waals surface area contributed by atoms with Gasteiger partial charge < -0.3 is 15.8 Å². The lowest BCUT2D eigenvalue weighted by Gasteiger charge is -2.14. The molecule has 27 heavy (non-hydrogen) atoms. The van der Waals surface area contributed by atoms with E-state index in [-0.39, 0.29) is 10.5 Å². The van der Waals surface area contributed by atoms with Crippen LogP contribution in [0.15, 0.2) is 53.4 Å². The van der Waals surface area contributed by atoms with Gasteiger partial charge in [0.15, 0.2) is 15.9 Å². The van der Waals surface area contributed by atoms with Gasteiger partial charge in [-0.25, -0.2) is 13.2 Å². The Morgan fingerprint density at radius 3 is 2.22 bits per heavy atom. The molecule has 1 atom stereocenters. The molecule has 8 nitrogen and oxygen atoms in total. The number of ether oxygens (including phenoxy) is 1. The molecule has 142 valence electrons. The van der Waals surface area contributed by atoms with Gasteiger partial charge in [0.05, 0.1) is 10.5 Å². The standard InChI is InChI=1S/C18H18N2O6S/c1-11(17(22)20-14-8-6-12(7-9-14)16(19)21)26-18(23)13-4-3-5-15(10-13)27(2,24)25/h3-11H,1-2H3,(H2,19,21)(H,20,22). The first kappa shape index (κ1) is 20.1. The van der Waals surface area contributed by atoms with E-state index in [0.29, 0.717) is 11.3 Å². The fourth-order valence-corrected chi connectivity index (χ4v) is 2.76. The van der Waals surface area contributed by atoms with E-state index in [1.54, 1.807) is 0 Å². The lowest BCUT2D eigenvalue weighted by atomic mass is 10.2. The number of esters is 1. The number of hydrogen-bond donors (Lipinski definition) is 2. The monoisotopic (exact) mass is 390 g/mol. The van der Waals surface area contributed by atoms with Gasteiger partial charge in [0.2, 0.25) is 5.91 Å². The topological polar surface area (TPSA) is 133 Å². The Kier molecular flexibility index (Phi) is 5.96. The Morgan fingerprint density at radius 1 is 1.04 bits per heavy atom. The van der Waals surface area contributed by atoms with Crippen LogP contribution in [0, 0.1) is 0 Å². The third-order valence-electron chi connectivity index (χ3n) is 3.59. The molecule has 0 heterocycles. The Labute approximate surface area is 156 Å². The van der Waals surface area contributed by atoms with Crippen molar-refractivity contribution < 1.29 is 27.5 Å². The lowest BCUT2D eigenvalue weighted by Crippen LogP contribution is -2.30. The van der Waals surface area contributed by atoms with E-state index in [1.165, 1.54) is 55.5 Å². The predicted molar refractivity (Wildman–Crippen MR) is 98.0 cm³/mol. The van der Waals surface area contributed by atoms with Crippen LogP contribution in [-0.2, 0) is 19.4 Å². The number of hydrogen-bond acceptors (Lipinski definition) is 6. The minimum Gasteiger partial charge on any atom is -0.449 e. The number of nitrogens with one attached hydrogen (secondary N) is 1. The van der Waals surface area contributed by atoms with Gasteiger partial charge in [-0.3, -0.25) is 9.59 Å². The SMILES string of the molecule is CC(OC(=O)c1cccc(S(C)(=O)=O)c1)C(=O)Nc1ccc(C(N)=O)cc1. The van der Waals surface area contributed by atoms with Crippen LogP contribution in [0.25, 0.3) is 0 Å². The number of rotatable bonds is 6. The minimum absolute atomic E-state index is 0.0170. The highest BCUT2D eigenvalue weighted by atomic mass is 32.2. The van der Waals surface area contributed by atoms with Crippen LogP contribution in [0.3, 0.4) is 0 Å². The van der Waals surface area contributed by atoms with E-state index in [1.807, 2.05) is 0 Å². The molecule has 0 saturated carbocycles. The number of nitrogens with two attached hydrogens (primary N) is 1. The van der Waals surface area contributed by atoms with E-state index in [0.717, 1.165) is 6.26 Å². The molecule has 2 amide bonds. The lowest BCUT2D eigenvalue weighted by molar-refractivity contribution is -0.123. The van der Waals surface area contributed by atoms with Gasteiger partial charge in [-0.15, -0.1) is 0 Å². The molecule has 3 N–H and O–H groups in total. The molecule has 0 aliphatic heterocycles. The van der Waals surface area contributed by atoms with Crippen molar-refractivity contribution in [2.75, 3.05) is 11.6 Å². The van der Waals surface area contributed by atoms with Gasteiger partial charge in [0, 0.05) is 17.5 Å². The second kappa shape index (κ2) is 8.00.